The van der Waals surface area contributed by atoms with Gasteiger partial charge in [0.15, 0.2) is 0 Å². The Kier molecular flexibility index (Phi) is 4.10. The molecule has 1 aliphatic rings. The average molecular weight is 311 g/mol. The van der Waals surface area contributed by atoms with Gasteiger partial charge >= 0.3 is 0 Å². The van der Waals surface area contributed by atoms with Crippen LogP contribution < -0.4 is 10.6 Å². The number of halogens is 1. The van der Waals surface area contributed by atoms with Crippen molar-refractivity contribution in [3.63, 3.8) is 0 Å². The lowest BCUT2D eigenvalue weighted by Crippen LogP contribution is -2.49. The van der Waals surface area contributed by atoms with Gasteiger partial charge in [-0.2, -0.15) is 0 Å². The minimum atomic E-state index is -0.195. The van der Waals surface area contributed by atoms with E-state index in [1.54, 1.807) is 6.26 Å². The highest BCUT2D eigenvalue weighted by Crippen LogP contribution is 2.32. The second kappa shape index (κ2) is 5.99. The number of rotatable bonds is 4. The van der Waals surface area contributed by atoms with E-state index in [1.165, 1.54) is 11.3 Å². The fourth-order valence-corrected chi connectivity index (χ4v) is 3.51. The molecular weight excluding hydrogens is 296 g/mol. The zero-order valence-corrected chi connectivity index (χ0v) is 12.3. The molecule has 0 aliphatic carbocycles. The van der Waals surface area contributed by atoms with Crippen molar-refractivity contribution < 1.29 is 9.21 Å². The van der Waals surface area contributed by atoms with Gasteiger partial charge in [0.25, 0.3) is 0 Å². The van der Waals surface area contributed by atoms with E-state index in [2.05, 4.69) is 10.6 Å². The summed E-state index contributed by atoms with van der Waals surface area (Å²) in [5.74, 6) is 0.845. The van der Waals surface area contributed by atoms with E-state index >= 15 is 0 Å². The summed E-state index contributed by atoms with van der Waals surface area (Å²) >= 11 is 7.51. The van der Waals surface area contributed by atoms with Crippen LogP contribution in [0.25, 0.3) is 0 Å². The van der Waals surface area contributed by atoms with Crippen molar-refractivity contribution in [1.82, 2.24) is 10.6 Å². The first-order chi connectivity index (χ1) is 9.74. The quantitative estimate of drug-likeness (QED) is 0.913. The van der Waals surface area contributed by atoms with Crippen molar-refractivity contribution in [3.8, 4) is 0 Å². The first-order valence-electron chi connectivity index (χ1n) is 6.56. The van der Waals surface area contributed by atoms with Crippen molar-refractivity contribution in [2.75, 3.05) is 6.54 Å². The molecule has 2 aromatic rings. The molecule has 6 heteroatoms. The third-order valence-corrected chi connectivity index (χ3v) is 4.66. The van der Waals surface area contributed by atoms with Crippen molar-refractivity contribution >= 4 is 28.8 Å². The molecule has 2 aromatic heterocycles. The molecule has 1 fully saturated rings. The summed E-state index contributed by atoms with van der Waals surface area (Å²) in [5, 5.41) is 6.27. The summed E-state index contributed by atoms with van der Waals surface area (Å²) in [5.41, 5.74) is 0. The number of nitrogens with one attached hydrogen (secondary N) is 2. The highest BCUT2D eigenvalue weighted by molar-refractivity contribution is 7.16. The minimum absolute atomic E-state index is 0.0514. The number of piperidine rings is 1. The largest absolute Gasteiger partial charge is 0.467 e. The molecule has 3 heterocycles. The SMILES string of the molecule is O=C1NCCCC1NC(c1ccco1)c1ccc(Cl)s1. The average Bonchev–Trinajstić information content (AvgIpc) is 3.09. The molecule has 1 saturated heterocycles. The van der Waals surface area contributed by atoms with Crippen LogP contribution in [0.5, 0.6) is 0 Å². The second-order valence-corrected chi connectivity index (χ2v) is 6.49. The van der Waals surface area contributed by atoms with Crippen LogP contribution in [0.2, 0.25) is 4.34 Å². The van der Waals surface area contributed by atoms with E-state index in [-0.39, 0.29) is 18.0 Å². The lowest BCUT2D eigenvalue weighted by atomic mass is 10.0. The zero-order chi connectivity index (χ0) is 13.9. The zero-order valence-electron chi connectivity index (χ0n) is 10.8. The van der Waals surface area contributed by atoms with Gasteiger partial charge in [0.1, 0.15) is 11.8 Å². The van der Waals surface area contributed by atoms with Crippen molar-refractivity contribution in [1.29, 1.82) is 0 Å². The van der Waals surface area contributed by atoms with Crippen molar-refractivity contribution in [3.05, 3.63) is 45.5 Å². The van der Waals surface area contributed by atoms with E-state index in [9.17, 15) is 4.79 Å². The third-order valence-electron chi connectivity index (χ3n) is 3.36. The lowest BCUT2D eigenvalue weighted by Gasteiger charge is -2.26. The standard InChI is InChI=1S/C14H15ClN2O2S/c15-12-6-5-11(20-12)13(10-4-2-8-19-10)17-9-3-1-7-16-14(9)18/h2,4-6,8-9,13,17H,1,3,7H2,(H,16,18). The number of amides is 1. The smallest absolute Gasteiger partial charge is 0.237 e. The maximum Gasteiger partial charge on any atom is 0.237 e. The van der Waals surface area contributed by atoms with Gasteiger partial charge in [0, 0.05) is 11.4 Å². The van der Waals surface area contributed by atoms with Crippen LogP contribution in [0.1, 0.15) is 29.5 Å². The molecule has 0 aromatic carbocycles. The number of carbonyl (C=O) groups excluding carboxylic acids is 1. The van der Waals surface area contributed by atoms with Crippen LogP contribution in [0.4, 0.5) is 0 Å². The summed E-state index contributed by atoms with van der Waals surface area (Å²) in [7, 11) is 0. The Hall–Kier alpha value is -1.30. The summed E-state index contributed by atoms with van der Waals surface area (Å²) in [6.45, 7) is 0.757. The fourth-order valence-electron chi connectivity index (χ4n) is 2.38. The lowest BCUT2D eigenvalue weighted by molar-refractivity contribution is -0.124. The predicted molar refractivity (Wildman–Crippen MR) is 79.0 cm³/mol. The molecule has 2 N–H and O–H groups in total. The molecule has 3 rings (SSSR count). The Morgan fingerprint density at radius 3 is 3.00 bits per heavy atom. The van der Waals surface area contributed by atoms with E-state index < -0.39 is 0 Å². The van der Waals surface area contributed by atoms with Crippen LogP contribution in [-0.2, 0) is 4.79 Å². The van der Waals surface area contributed by atoms with Gasteiger partial charge in [-0.05, 0) is 37.1 Å². The van der Waals surface area contributed by atoms with Crippen molar-refractivity contribution in [2.24, 2.45) is 0 Å². The maximum atomic E-state index is 11.9. The highest BCUT2D eigenvalue weighted by atomic mass is 35.5. The molecular formula is C14H15ClN2O2S. The van der Waals surface area contributed by atoms with E-state index in [4.69, 9.17) is 16.0 Å². The first kappa shape index (κ1) is 13.7. The molecule has 0 spiro atoms. The van der Waals surface area contributed by atoms with Gasteiger partial charge in [-0.1, -0.05) is 11.6 Å². The van der Waals surface area contributed by atoms with Gasteiger partial charge < -0.3 is 9.73 Å². The highest BCUT2D eigenvalue weighted by Gasteiger charge is 2.28. The van der Waals surface area contributed by atoms with Gasteiger partial charge in [0.05, 0.1) is 16.6 Å². The Morgan fingerprint density at radius 1 is 1.45 bits per heavy atom. The molecule has 4 nitrogen and oxygen atoms in total. The summed E-state index contributed by atoms with van der Waals surface area (Å²) in [6.07, 6.45) is 3.46. The molecule has 20 heavy (non-hydrogen) atoms. The monoisotopic (exact) mass is 310 g/mol. The number of hydrogen-bond acceptors (Lipinski definition) is 4. The van der Waals surface area contributed by atoms with Crippen LogP contribution in [-0.4, -0.2) is 18.5 Å². The summed E-state index contributed by atoms with van der Waals surface area (Å²) in [4.78, 5) is 13.0. The number of carbonyl (C=O) groups is 1. The van der Waals surface area contributed by atoms with Crippen molar-refractivity contribution in [2.45, 2.75) is 24.9 Å². The Bertz CT molecular complexity index is 582. The van der Waals surface area contributed by atoms with E-state index in [0.29, 0.717) is 0 Å². The Labute approximate surface area is 126 Å². The second-order valence-electron chi connectivity index (χ2n) is 4.74. The normalized spacial score (nSPS) is 20.6. The van der Waals surface area contributed by atoms with Gasteiger partial charge in [-0.3, -0.25) is 10.1 Å². The van der Waals surface area contributed by atoms with Gasteiger partial charge in [-0.25, -0.2) is 0 Å². The molecule has 2 unspecified atom stereocenters. The van der Waals surface area contributed by atoms with Crippen LogP contribution in [0.3, 0.4) is 0 Å². The topological polar surface area (TPSA) is 54.3 Å². The minimum Gasteiger partial charge on any atom is -0.467 e. The first-order valence-corrected chi connectivity index (χ1v) is 7.76. The molecule has 0 saturated carbocycles. The fraction of sp³-hybridized carbons (Fsp3) is 0.357. The molecule has 2 atom stereocenters. The van der Waals surface area contributed by atoms with Crippen LogP contribution >= 0.6 is 22.9 Å². The molecule has 1 aliphatic heterocycles. The van der Waals surface area contributed by atoms with Crippen LogP contribution in [0.15, 0.2) is 34.9 Å². The third kappa shape index (κ3) is 2.90. The Balaban J connectivity index is 1.84. The molecule has 0 radical (unpaired) electrons. The van der Waals surface area contributed by atoms with Gasteiger partial charge in [0.2, 0.25) is 5.91 Å². The number of thiophene rings is 1. The predicted octanol–water partition coefficient (Wildman–Crippen LogP) is 2.95. The molecule has 1 amide bonds. The van der Waals surface area contributed by atoms with E-state index in [0.717, 1.165) is 34.4 Å². The summed E-state index contributed by atoms with van der Waals surface area (Å²) < 4.78 is 6.23. The number of furan rings is 1. The Morgan fingerprint density at radius 2 is 2.35 bits per heavy atom. The maximum absolute atomic E-state index is 11.9. The number of hydrogen-bond donors (Lipinski definition) is 2. The summed E-state index contributed by atoms with van der Waals surface area (Å²) in [6, 6.07) is 7.25. The van der Waals surface area contributed by atoms with E-state index in [1.807, 2.05) is 24.3 Å². The van der Waals surface area contributed by atoms with Gasteiger partial charge in [-0.15, -0.1) is 11.3 Å². The molecule has 106 valence electrons. The van der Waals surface area contributed by atoms with Crippen LogP contribution in [0, 0.1) is 0 Å². The molecule has 0 bridgehead atoms.